The molecule has 0 saturated carbocycles. The van der Waals surface area contributed by atoms with Gasteiger partial charge in [-0.25, -0.2) is 9.37 Å². The number of aromatic nitrogens is 2. The van der Waals surface area contributed by atoms with Crippen molar-refractivity contribution in [3.63, 3.8) is 0 Å². The average Bonchev–Trinajstić information content (AvgIpc) is 2.68. The molecular formula is C19H13F2N3O2S. The van der Waals surface area contributed by atoms with E-state index in [0.29, 0.717) is 16.3 Å². The lowest BCUT2D eigenvalue weighted by Gasteiger charge is -2.12. The van der Waals surface area contributed by atoms with E-state index in [1.54, 1.807) is 30.5 Å². The quantitative estimate of drug-likeness (QED) is 0.533. The molecule has 0 fully saturated rings. The second kappa shape index (κ2) is 8.01. The fourth-order valence-corrected chi connectivity index (χ4v) is 2.85. The zero-order valence-corrected chi connectivity index (χ0v) is 14.9. The van der Waals surface area contributed by atoms with Crippen LogP contribution in [0.5, 0.6) is 5.75 Å². The number of H-pyrrole nitrogens is 1. The molecule has 0 bridgehead atoms. The van der Waals surface area contributed by atoms with E-state index in [1.807, 2.05) is 6.07 Å². The largest absolute Gasteiger partial charge is 0.486 e. The Hall–Kier alpha value is -3.18. The molecule has 0 atom stereocenters. The van der Waals surface area contributed by atoms with Crippen LogP contribution in [0, 0.1) is 23.0 Å². The Morgan fingerprint density at radius 2 is 2.00 bits per heavy atom. The molecule has 3 aromatic rings. The third-order valence-electron chi connectivity index (χ3n) is 3.77. The first-order valence-electron chi connectivity index (χ1n) is 7.78. The van der Waals surface area contributed by atoms with Gasteiger partial charge in [0.05, 0.1) is 5.69 Å². The third kappa shape index (κ3) is 3.83. The van der Waals surface area contributed by atoms with Crippen molar-refractivity contribution in [2.45, 2.75) is 11.8 Å². The van der Waals surface area contributed by atoms with Crippen molar-refractivity contribution < 1.29 is 13.5 Å². The summed E-state index contributed by atoms with van der Waals surface area (Å²) in [5, 5.41) is 9.71. The minimum absolute atomic E-state index is 0.0928. The fraction of sp³-hybridized carbons (Fsp3) is 0.105. The van der Waals surface area contributed by atoms with Crippen molar-refractivity contribution in [1.29, 1.82) is 5.26 Å². The maximum Gasteiger partial charge on any atom is 0.270 e. The van der Waals surface area contributed by atoms with Gasteiger partial charge in [-0.05, 0) is 24.0 Å². The van der Waals surface area contributed by atoms with E-state index in [1.165, 1.54) is 23.9 Å². The van der Waals surface area contributed by atoms with Gasteiger partial charge in [-0.15, -0.1) is 0 Å². The molecule has 1 N–H and O–H groups in total. The van der Waals surface area contributed by atoms with Gasteiger partial charge in [-0.1, -0.05) is 42.1 Å². The van der Waals surface area contributed by atoms with Gasteiger partial charge in [0.2, 0.25) is 5.82 Å². The number of ether oxygens (including phenoxy) is 1. The summed E-state index contributed by atoms with van der Waals surface area (Å²) in [5.74, 6) is -2.31. The smallest absolute Gasteiger partial charge is 0.270 e. The zero-order chi connectivity index (χ0) is 19.4. The fourth-order valence-electron chi connectivity index (χ4n) is 2.48. The Morgan fingerprint density at radius 3 is 2.74 bits per heavy atom. The summed E-state index contributed by atoms with van der Waals surface area (Å²) < 4.78 is 32.5. The predicted octanol–water partition coefficient (Wildman–Crippen LogP) is 3.89. The van der Waals surface area contributed by atoms with E-state index < -0.39 is 17.2 Å². The summed E-state index contributed by atoms with van der Waals surface area (Å²) >= 11 is 1.23. The number of halogens is 2. The number of hydrogen-bond acceptors (Lipinski definition) is 5. The normalized spacial score (nSPS) is 10.4. The summed E-state index contributed by atoms with van der Waals surface area (Å²) in [6, 6.07) is 12.4. The van der Waals surface area contributed by atoms with Crippen LogP contribution in [0.15, 0.2) is 52.4 Å². The standard InChI is InChI=1S/C19H13F2N3O2S/c1-27-19-23-17(13(9-22)18(25)24-19)12-6-3-2-5-11(12)10-26-15-8-4-7-14(20)16(15)21/h2-8H,10H2,1H3,(H,23,24,25). The van der Waals surface area contributed by atoms with E-state index in [4.69, 9.17) is 4.74 Å². The Morgan fingerprint density at radius 1 is 1.22 bits per heavy atom. The second-order valence-corrected chi connectivity index (χ2v) is 6.20. The Bertz CT molecular complexity index is 1090. The Balaban J connectivity index is 2.03. The van der Waals surface area contributed by atoms with Crippen LogP contribution in [0.25, 0.3) is 11.3 Å². The second-order valence-electron chi connectivity index (χ2n) is 5.41. The van der Waals surface area contributed by atoms with Crippen LogP contribution in [0.4, 0.5) is 8.78 Å². The van der Waals surface area contributed by atoms with Crippen LogP contribution in [-0.2, 0) is 6.61 Å². The molecular weight excluding hydrogens is 372 g/mol. The molecule has 0 spiro atoms. The van der Waals surface area contributed by atoms with Gasteiger partial charge < -0.3 is 9.72 Å². The number of rotatable bonds is 5. The first kappa shape index (κ1) is 18.6. The lowest BCUT2D eigenvalue weighted by atomic mass is 10.0. The van der Waals surface area contributed by atoms with Gasteiger partial charge in [0, 0.05) is 5.56 Å². The molecule has 1 heterocycles. The Labute approximate surface area is 157 Å². The van der Waals surface area contributed by atoms with Gasteiger partial charge in [0.25, 0.3) is 5.56 Å². The number of thioether (sulfide) groups is 1. The highest BCUT2D eigenvalue weighted by Gasteiger charge is 2.17. The molecule has 2 aromatic carbocycles. The molecule has 5 nitrogen and oxygen atoms in total. The highest BCUT2D eigenvalue weighted by molar-refractivity contribution is 7.98. The zero-order valence-electron chi connectivity index (χ0n) is 14.1. The minimum atomic E-state index is -1.08. The van der Waals surface area contributed by atoms with Crippen molar-refractivity contribution in [2.75, 3.05) is 6.26 Å². The van der Waals surface area contributed by atoms with E-state index >= 15 is 0 Å². The molecule has 0 radical (unpaired) electrons. The van der Waals surface area contributed by atoms with Crippen molar-refractivity contribution in [2.24, 2.45) is 0 Å². The number of nitrogens with one attached hydrogen (secondary N) is 1. The van der Waals surface area contributed by atoms with E-state index in [2.05, 4.69) is 9.97 Å². The van der Waals surface area contributed by atoms with E-state index in [-0.39, 0.29) is 23.6 Å². The molecule has 0 aliphatic carbocycles. The van der Waals surface area contributed by atoms with Crippen molar-refractivity contribution >= 4 is 11.8 Å². The molecule has 3 rings (SSSR count). The molecule has 0 aliphatic rings. The van der Waals surface area contributed by atoms with Crippen LogP contribution >= 0.6 is 11.8 Å². The maximum atomic E-state index is 13.8. The summed E-state index contributed by atoms with van der Waals surface area (Å²) in [6.45, 7) is -0.0928. The number of aromatic amines is 1. The molecule has 8 heteroatoms. The van der Waals surface area contributed by atoms with Gasteiger partial charge >= 0.3 is 0 Å². The first-order chi connectivity index (χ1) is 13.0. The molecule has 0 unspecified atom stereocenters. The Kier molecular flexibility index (Phi) is 5.52. The molecule has 0 aliphatic heterocycles. The van der Waals surface area contributed by atoms with Crippen LogP contribution in [0.3, 0.4) is 0 Å². The SMILES string of the molecule is CSc1nc(-c2ccccc2COc2cccc(F)c2F)c(C#N)c(=O)[nH]1. The van der Waals surface area contributed by atoms with Crippen molar-refractivity contribution in [3.05, 3.63) is 75.6 Å². The number of nitrogens with zero attached hydrogens (tertiary/aromatic N) is 2. The summed E-state index contributed by atoms with van der Waals surface area (Å²) in [7, 11) is 0. The predicted molar refractivity (Wildman–Crippen MR) is 97.5 cm³/mol. The minimum Gasteiger partial charge on any atom is -0.486 e. The van der Waals surface area contributed by atoms with Crippen molar-refractivity contribution in [1.82, 2.24) is 9.97 Å². The monoisotopic (exact) mass is 385 g/mol. The number of nitriles is 1. The first-order valence-corrected chi connectivity index (χ1v) is 9.01. The maximum absolute atomic E-state index is 13.8. The summed E-state index contributed by atoms with van der Waals surface area (Å²) in [6.07, 6.45) is 1.75. The van der Waals surface area contributed by atoms with Crippen LogP contribution < -0.4 is 10.3 Å². The summed E-state index contributed by atoms with van der Waals surface area (Å²) in [5.41, 5.74) is 0.621. The molecule has 27 heavy (non-hydrogen) atoms. The van der Waals surface area contributed by atoms with Gasteiger partial charge in [-0.3, -0.25) is 4.79 Å². The van der Waals surface area contributed by atoms with E-state index in [0.717, 1.165) is 6.07 Å². The van der Waals surface area contributed by atoms with Crippen molar-refractivity contribution in [3.8, 4) is 23.1 Å². The summed E-state index contributed by atoms with van der Waals surface area (Å²) in [4.78, 5) is 19.0. The van der Waals surface area contributed by atoms with Crippen LogP contribution in [-0.4, -0.2) is 16.2 Å². The highest BCUT2D eigenvalue weighted by atomic mass is 32.2. The van der Waals surface area contributed by atoms with Crippen LogP contribution in [0.1, 0.15) is 11.1 Å². The number of hydrogen-bond donors (Lipinski definition) is 1. The molecule has 0 amide bonds. The lowest BCUT2D eigenvalue weighted by Crippen LogP contribution is -2.15. The van der Waals surface area contributed by atoms with Crippen LogP contribution in [0.2, 0.25) is 0 Å². The van der Waals surface area contributed by atoms with E-state index in [9.17, 15) is 18.8 Å². The van der Waals surface area contributed by atoms with Gasteiger partial charge in [0.15, 0.2) is 16.7 Å². The van der Waals surface area contributed by atoms with Gasteiger partial charge in [-0.2, -0.15) is 9.65 Å². The molecule has 136 valence electrons. The van der Waals surface area contributed by atoms with Gasteiger partial charge in [0.1, 0.15) is 18.2 Å². The third-order valence-corrected chi connectivity index (χ3v) is 4.35. The molecule has 0 saturated heterocycles. The topological polar surface area (TPSA) is 78.8 Å². The highest BCUT2D eigenvalue weighted by Crippen LogP contribution is 2.27. The average molecular weight is 385 g/mol. The molecule has 1 aromatic heterocycles. The lowest BCUT2D eigenvalue weighted by molar-refractivity contribution is 0.285. The number of benzene rings is 2.